The van der Waals surface area contributed by atoms with E-state index in [2.05, 4.69) is 4.90 Å². The number of amides is 1. The van der Waals surface area contributed by atoms with Crippen molar-refractivity contribution < 1.29 is 9.90 Å². The lowest BCUT2D eigenvalue weighted by molar-refractivity contribution is -0.144. The molecule has 0 radical (unpaired) electrons. The second-order valence-corrected chi connectivity index (χ2v) is 6.38. The van der Waals surface area contributed by atoms with E-state index in [1.807, 2.05) is 0 Å². The van der Waals surface area contributed by atoms with Gasteiger partial charge in [0.05, 0.1) is 6.10 Å². The minimum Gasteiger partial charge on any atom is -0.393 e. The van der Waals surface area contributed by atoms with Crippen LogP contribution in [0.4, 0.5) is 0 Å². The minimum atomic E-state index is -0.162. The molecule has 3 aliphatic rings. The Morgan fingerprint density at radius 2 is 1.72 bits per heavy atom. The van der Waals surface area contributed by atoms with Gasteiger partial charge in [-0.25, -0.2) is 0 Å². The van der Waals surface area contributed by atoms with E-state index in [0.717, 1.165) is 51.5 Å². The van der Waals surface area contributed by atoms with Crippen molar-refractivity contribution in [2.45, 2.75) is 69.9 Å². The van der Waals surface area contributed by atoms with Gasteiger partial charge in [-0.1, -0.05) is 12.8 Å². The summed E-state index contributed by atoms with van der Waals surface area (Å²) in [4.78, 5) is 14.6. The summed E-state index contributed by atoms with van der Waals surface area (Å²) in [7, 11) is 0. The fourth-order valence-corrected chi connectivity index (χ4v) is 3.98. The summed E-state index contributed by atoms with van der Waals surface area (Å²) >= 11 is 0. The number of carbonyl (C=O) groups excluding carboxylic acids is 1. The first-order chi connectivity index (χ1) is 8.77. The Morgan fingerprint density at radius 3 is 2.33 bits per heavy atom. The van der Waals surface area contributed by atoms with Crippen molar-refractivity contribution in [1.82, 2.24) is 4.90 Å². The van der Waals surface area contributed by atoms with Crippen LogP contribution in [-0.2, 0) is 4.79 Å². The van der Waals surface area contributed by atoms with Crippen LogP contribution < -0.4 is 0 Å². The van der Waals surface area contributed by atoms with E-state index in [4.69, 9.17) is 0 Å². The Labute approximate surface area is 110 Å². The number of hydrogen-bond acceptors (Lipinski definition) is 2. The summed E-state index contributed by atoms with van der Waals surface area (Å²) < 4.78 is 0. The van der Waals surface area contributed by atoms with Crippen molar-refractivity contribution in [2.75, 3.05) is 6.54 Å². The maximum Gasteiger partial charge on any atom is 0.225 e. The van der Waals surface area contributed by atoms with Gasteiger partial charge in [-0.3, -0.25) is 4.79 Å². The summed E-state index contributed by atoms with van der Waals surface area (Å²) in [5, 5.41) is 10.1. The van der Waals surface area contributed by atoms with Gasteiger partial charge in [-0.2, -0.15) is 0 Å². The average Bonchev–Trinajstić information content (AvgIpc) is 2.73. The number of hydrogen-bond donors (Lipinski definition) is 1. The van der Waals surface area contributed by atoms with Crippen molar-refractivity contribution in [2.24, 2.45) is 11.8 Å². The van der Waals surface area contributed by atoms with Crippen LogP contribution in [0, 0.1) is 11.8 Å². The van der Waals surface area contributed by atoms with Crippen molar-refractivity contribution in [1.29, 1.82) is 0 Å². The van der Waals surface area contributed by atoms with Crippen LogP contribution in [0.15, 0.2) is 0 Å². The normalized spacial score (nSPS) is 37.6. The molecule has 3 heteroatoms. The highest BCUT2D eigenvalue weighted by Crippen LogP contribution is 2.37. The molecule has 1 saturated heterocycles. The number of rotatable bonds is 2. The quantitative estimate of drug-likeness (QED) is 0.818. The number of carbonyl (C=O) groups is 1. The van der Waals surface area contributed by atoms with Gasteiger partial charge in [0.2, 0.25) is 5.91 Å². The Balaban J connectivity index is 1.70. The molecule has 1 N–H and O–H groups in total. The molecule has 1 aliphatic heterocycles. The smallest absolute Gasteiger partial charge is 0.225 e. The molecule has 1 heterocycles. The third-order valence-electron chi connectivity index (χ3n) is 5.31. The molecule has 3 nitrogen and oxygen atoms in total. The van der Waals surface area contributed by atoms with E-state index in [0.29, 0.717) is 23.8 Å². The van der Waals surface area contributed by atoms with Crippen LogP contribution in [0.2, 0.25) is 0 Å². The van der Waals surface area contributed by atoms with Crippen LogP contribution in [-0.4, -0.2) is 34.6 Å². The predicted molar refractivity (Wildman–Crippen MR) is 70.0 cm³/mol. The Kier molecular flexibility index (Phi) is 3.60. The molecule has 0 aromatic heterocycles. The third-order valence-corrected chi connectivity index (χ3v) is 5.31. The number of aliphatic hydroxyl groups excluding tert-OH is 1. The molecule has 2 aliphatic carbocycles. The lowest BCUT2D eigenvalue weighted by atomic mass is 9.81. The first-order valence-electron chi connectivity index (χ1n) is 7.76. The standard InChI is InChI=1S/C15H25NO2/c17-14-9-4-7-12(14)13-8-1-2-10-16(13)15(18)11-5-3-6-11/h11-14,17H,1-10H2. The predicted octanol–water partition coefficient (Wildman–Crippen LogP) is 2.33. The molecule has 3 unspecified atom stereocenters. The molecule has 3 rings (SSSR count). The second-order valence-electron chi connectivity index (χ2n) is 6.38. The minimum absolute atomic E-state index is 0.162. The highest BCUT2D eigenvalue weighted by Gasteiger charge is 2.41. The molecule has 2 saturated carbocycles. The van der Waals surface area contributed by atoms with E-state index in [1.54, 1.807) is 0 Å². The van der Waals surface area contributed by atoms with E-state index in [9.17, 15) is 9.90 Å². The second kappa shape index (κ2) is 5.20. The lowest BCUT2D eigenvalue weighted by Gasteiger charge is -2.43. The molecule has 18 heavy (non-hydrogen) atoms. The van der Waals surface area contributed by atoms with Gasteiger partial charge in [0.1, 0.15) is 0 Å². The summed E-state index contributed by atoms with van der Waals surface area (Å²) in [5.41, 5.74) is 0. The Morgan fingerprint density at radius 1 is 0.944 bits per heavy atom. The average molecular weight is 251 g/mol. The molecule has 3 atom stereocenters. The van der Waals surface area contributed by atoms with Crippen molar-refractivity contribution in [3.8, 4) is 0 Å². The molecule has 3 fully saturated rings. The maximum atomic E-state index is 12.5. The topological polar surface area (TPSA) is 40.5 Å². The number of aliphatic hydroxyl groups is 1. The first kappa shape index (κ1) is 12.5. The molecule has 0 bridgehead atoms. The van der Waals surface area contributed by atoms with Crippen molar-refractivity contribution in [3.63, 3.8) is 0 Å². The number of piperidine rings is 1. The van der Waals surface area contributed by atoms with E-state index in [1.165, 1.54) is 12.8 Å². The van der Waals surface area contributed by atoms with E-state index < -0.39 is 0 Å². The summed E-state index contributed by atoms with van der Waals surface area (Å²) in [6, 6.07) is 0.337. The molecular formula is C15H25NO2. The van der Waals surface area contributed by atoms with Gasteiger partial charge in [-0.05, 0) is 44.9 Å². The van der Waals surface area contributed by atoms with Crippen molar-refractivity contribution in [3.05, 3.63) is 0 Å². The highest BCUT2D eigenvalue weighted by atomic mass is 16.3. The van der Waals surface area contributed by atoms with Crippen LogP contribution in [0.5, 0.6) is 0 Å². The van der Waals surface area contributed by atoms with Crippen LogP contribution in [0.3, 0.4) is 0 Å². The monoisotopic (exact) mass is 251 g/mol. The Hall–Kier alpha value is -0.570. The third kappa shape index (κ3) is 2.18. The van der Waals surface area contributed by atoms with Gasteiger partial charge in [0, 0.05) is 24.4 Å². The number of likely N-dealkylation sites (tertiary alicyclic amines) is 1. The Bertz CT molecular complexity index is 314. The van der Waals surface area contributed by atoms with Crippen LogP contribution in [0.1, 0.15) is 57.8 Å². The van der Waals surface area contributed by atoms with Crippen molar-refractivity contribution >= 4 is 5.91 Å². The highest BCUT2D eigenvalue weighted by molar-refractivity contribution is 5.80. The molecule has 0 spiro atoms. The summed E-state index contributed by atoms with van der Waals surface area (Å²) in [6.45, 7) is 0.934. The van der Waals surface area contributed by atoms with Gasteiger partial charge < -0.3 is 10.0 Å². The maximum absolute atomic E-state index is 12.5. The van der Waals surface area contributed by atoms with Gasteiger partial charge in [0.15, 0.2) is 0 Å². The largest absolute Gasteiger partial charge is 0.393 e. The molecular weight excluding hydrogens is 226 g/mol. The van der Waals surface area contributed by atoms with Gasteiger partial charge in [0.25, 0.3) is 0 Å². The zero-order chi connectivity index (χ0) is 12.5. The fraction of sp³-hybridized carbons (Fsp3) is 0.933. The van der Waals surface area contributed by atoms with E-state index >= 15 is 0 Å². The SMILES string of the molecule is O=C(C1CCC1)N1CCCCC1C1CCCC1O. The van der Waals surface area contributed by atoms with Crippen LogP contribution in [0.25, 0.3) is 0 Å². The first-order valence-corrected chi connectivity index (χ1v) is 7.76. The number of nitrogens with zero attached hydrogens (tertiary/aromatic N) is 1. The zero-order valence-corrected chi connectivity index (χ0v) is 11.2. The lowest BCUT2D eigenvalue weighted by Crippen LogP contribution is -2.52. The van der Waals surface area contributed by atoms with Crippen LogP contribution >= 0.6 is 0 Å². The van der Waals surface area contributed by atoms with E-state index in [-0.39, 0.29) is 6.10 Å². The molecule has 102 valence electrons. The summed E-state index contributed by atoms with van der Waals surface area (Å²) in [6.07, 6.45) is 9.91. The summed E-state index contributed by atoms with van der Waals surface area (Å²) in [5.74, 6) is 1.06. The molecule has 0 aromatic rings. The molecule has 0 aromatic carbocycles. The molecule has 1 amide bonds. The van der Waals surface area contributed by atoms with Gasteiger partial charge in [-0.15, -0.1) is 0 Å². The zero-order valence-electron chi connectivity index (χ0n) is 11.2. The fourth-order valence-electron chi connectivity index (χ4n) is 3.98. The van der Waals surface area contributed by atoms with Gasteiger partial charge >= 0.3 is 0 Å².